The zero-order chi connectivity index (χ0) is 13.1. The molecule has 0 aliphatic rings. The first kappa shape index (κ1) is 12.6. The summed E-state index contributed by atoms with van der Waals surface area (Å²) in [4.78, 5) is 14.1. The Bertz CT molecular complexity index is 542. The molecule has 0 aliphatic heterocycles. The predicted molar refractivity (Wildman–Crippen MR) is 71.2 cm³/mol. The molecule has 5 nitrogen and oxygen atoms in total. The molecule has 0 amide bonds. The number of benzene rings is 1. The molecule has 0 unspecified atom stereocenters. The van der Waals surface area contributed by atoms with E-state index >= 15 is 0 Å². The van der Waals surface area contributed by atoms with E-state index in [1.54, 1.807) is 0 Å². The monoisotopic (exact) mass is 264 g/mol. The fourth-order valence-electron chi connectivity index (χ4n) is 1.46. The van der Waals surface area contributed by atoms with Crippen LogP contribution in [0.3, 0.4) is 0 Å². The summed E-state index contributed by atoms with van der Waals surface area (Å²) in [6, 6.07) is 8.04. The highest BCUT2D eigenvalue weighted by Crippen LogP contribution is 2.21. The Kier molecular flexibility index (Phi) is 3.62. The summed E-state index contributed by atoms with van der Waals surface area (Å²) >= 11 is 5.81. The molecule has 94 valence electrons. The van der Waals surface area contributed by atoms with Gasteiger partial charge in [0.2, 0.25) is 5.28 Å². The van der Waals surface area contributed by atoms with Crippen molar-refractivity contribution in [1.82, 2.24) is 15.0 Å². The first-order valence-corrected chi connectivity index (χ1v) is 5.71. The number of halogens is 1. The van der Waals surface area contributed by atoms with Gasteiger partial charge in [-0.1, -0.05) is 0 Å². The van der Waals surface area contributed by atoms with Gasteiger partial charge in [0.1, 0.15) is 0 Å². The van der Waals surface area contributed by atoms with Crippen molar-refractivity contribution in [2.75, 3.05) is 26.1 Å². The van der Waals surface area contributed by atoms with E-state index < -0.39 is 0 Å². The van der Waals surface area contributed by atoms with Gasteiger partial charge in [-0.25, -0.2) is 0 Å². The smallest absolute Gasteiger partial charge is 0.321 e. The minimum Gasteiger partial charge on any atom is -0.467 e. The van der Waals surface area contributed by atoms with Crippen molar-refractivity contribution in [3.63, 3.8) is 0 Å². The van der Waals surface area contributed by atoms with Crippen molar-refractivity contribution in [3.8, 4) is 17.4 Å². The summed E-state index contributed by atoms with van der Waals surface area (Å²) in [5.74, 6) is 0.497. The van der Waals surface area contributed by atoms with Gasteiger partial charge in [-0.3, -0.25) is 0 Å². The Morgan fingerprint density at radius 2 is 1.72 bits per heavy atom. The molecule has 0 aliphatic carbocycles. The number of hydrogen-bond donors (Lipinski definition) is 0. The Hall–Kier alpha value is -1.88. The lowest BCUT2D eigenvalue weighted by Gasteiger charge is -2.12. The number of aromatic nitrogens is 3. The third kappa shape index (κ3) is 2.68. The molecule has 0 fully saturated rings. The van der Waals surface area contributed by atoms with Crippen LogP contribution in [0, 0.1) is 0 Å². The van der Waals surface area contributed by atoms with Crippen molar-refractivity contribution in [2.45, 2.75) is 0 Å². The quantitative estimate of drug-likeness (QED) is 0.851. The second-order valence-electron chi connectivity index (χ2n) is 3.86. The van der Waals surface area contributed by atoms with E-state index in [0.717, 1.165) is 11.3 Å². The first-order chi connectivity index (χ1) is 8.60. The maximum Gasteiger partial charge on any atom is 0.321 e. The van der Waals surface area contributed by atoms with Gasteiger partial charge in [-0.15, -0.1) is 0 Å². The molecule has 2 aromatic rings. The zero-order valence-electron chi connectivity index (χ0n) is 10.4. The predicted octanol–water partition coefficient (Wildman–Crippen LogP) is 2.27. The molecule has 18 heavy (non-hydrogen) atoms. The molecule has 1 aromatic heterocycles. The number of methoxy groups -OCH3 is 1. The average molecular weight is 265 g/mol. The molecular formula is C12H13ClN4O. The zero-order valence-corrected chi connectivity index (χ0v) is 11.1. The minimum atomic E-state index is 0.119. The van der Waals surface area contributed by atoms with Gasteiger partial charge in [0.25, 0.3) is 0 Å². The number of rotatable bonds is 3. The van der Waals surface area contributed by atoms with Crippen LogP contribution in [-0.2, 0) is 0 Å². The summed E-state index contributed by atoms with van der Waals surface area (Å²) in [5, 5.41) is 0.119. The highest BCUT2D eigenvalue weighted by molar-refractivity contribution is 6.28. The third-order valence-electron chi connectivity index (χ3n) is 2.41. The van der Waals surface area contributed by atoms with Crippen molar-refractivity contribution in [1.29, 1.82) is 0 Å². The maximum absolute atomic E-state index is 5.81. The van der Waals surface area contributed by atoms with E-state index in [1.807, 2.05) is 43.3 Å². The van der Waals surface area contributed by atoms with Crippen molar-refractivity contribution in [3.05, 3.63) is 29.5 Å². The van der Waals surface area contributed by atoms with Gasteiger partial charge in [0.05, 0.1) is 7.11 Å². The van der Waals surface area contributed by atoms with Crippen molar-refractivity contribution in [2.24, 2.45) is 0 Å². The number of nitrogens with zero attached hydrogens (tertiary/aromatic N) is 4. The van der Waals surface area contributed by atoms with E-state index in [9.17, 15) is 0 Å². The highest BCUT2D eigenvalue weighted by Gasteiger charge is 2.07. The SMILES string of the molecule is COc1nc(Cl)nc(-c2ccc(N(C)C)cc2)n1. The summed E-state index contributed by atoms with van der Waals surface area (Å²) in [6.07, 6.45) is 0. The van der Waals surface area contributed by atoms with Gasteiger partial charge < -0.3 is 9.64 Å². The minimum absolute atomic E-state index is 0.119. The van der Waals surface area contributed by atoms with Gasteiger partial charge >= 0.3 is 6.01 Å². The van der Waals surface area contributed by atoms with Crippen LogP contribution in [0.2, 0.25) is 5.28 Å². The molecule has 0 saturated carbocycles. The van der Waals surface area contributed by atoms with Crippen LogP contribution in [-0.4, -0.2) is 36.2 Å². The van der Waals surface area contributed by atoms with Crippen molar-refractivity contribution < 1.29 is 4.74 Å². The van der Waals surface area contributed by atoms with Crippen LogP contribution in [0.1, 0.15) is 0 Å². The molecule has 0 radical (unpaired) electrons. The number of anilines is 1. The van der Waals surface area contributed by atoms with Gasteiger partial charge in [-0.2, -0.15) is 15.0 Å². The highest BCUT2D eigenvalue weighted by atomic mass is 35.5. The summed E-state index contributed by atoms with van der Waals surface area (Å²) in [6.45, 7) is 0. The molecule has 1 aromatic carbocycles. The van der Waals surface area contributed by atoms with E-state index in [2.05, 4.69) is 15.0 Å². The second kappa shape index (κ2) is 5.18. The van der Waals surface area contributed by atoms with Crippen LogP contribution in [0.25, 0.3) is 11.4 Å². The van der Waals surface area contributed by atoms with E-state index in [-0.39, 0.29) is 11.3 Å². The lowest BCUT2D eigenvalue weighted by Crippen LogP contribution is -2.08. The molecular weight excluding hydrogens is 252 g/mol. The van der Waals surface area contributed by atoms with Gasteiger partial charge in [0.15, 0.2) is 5.82 Å². The third-order valence-corrected chi connectivity index (χ3v) is 2.58. The van der Waals surface area contributed by atoms with E-state index in [1.165, 1.54) is 7.11 Å². The molecule has 6 heteroatoms. The van der Waals surface area contributed by atoms with Crippen LogP contribution in [0.4, 0.5) is 5.69 Å². The number of hydrogen-bond acceptors (Lipinski definition) is 5. The summed E-state index contributed by atoms with van der Waals surface area (Å²) in [7, 11) is 5.46. The molecule has 1 heterocycles. The molecule has 2 rings (SSSR count). The lowest BCUT2D eigenvalue weighted by molar-refractivity contribution is 0.379. The van der Waals surface area contributed by atoms with Crippen molar-refractivity contribution >= 4 is 17.3 Å². The van der Waals surface area contributed by atoms with E-state index in [4.69, 9.17) is 16.3 Å². The van der Waals surface area contributed by atoms with Gasteiger partial charge in [0, 0.05) is 25.3 Å². The van der Waals surface area contributed by atoms with Crippen LogP contribution in [0.5, 0.6) is 6.01 Å². The van der Waals surface area contributed by atoms with Crippen LogP contribution >= 0.6 is 11.6 Å². The van der Waals surface area contributed by atoms with Gasteiger partial charge in [-0.05, 0) is 35.9 Å². The molecule has 0 spiro atoms. The molecule has 0 atom stereocenters. The standard InChI is InChI=1S/C12H13ClN4O/c1-17(2)9-6-4-8(5-7-9)10-14-11(13)16-12(15-10)18-3/h4-7H,1-3H3. The first-order valence-electron chi connectivity index (χ1n) is 5.33. The van der Waals surface area contributed by atoms with Crippen LogP contribution in [0.15, 0.2) is 24.3 Å². The maximum atomic E-state index is 5.81. The topological polar surface area (TPSA) is 51.1 Å². The van der Waals surface area contributed by atoms with Crippen LogP contribution < -0.4 is 9.64 Å². The van der Waals surface area contributed by atoms with E-state index in [0.29, 0.717) is 5.82 Å². The molecule has 0 N–H and O–H groups in total. The average Bonchev–Trinajstić information content (AvgIpc) is 2.38. The Morgan fingerprint density at radius 3 is 2.28 bits per heavy atom. The largest absolute Gasteiger partial charge is 0.467 e. The lowest BCUT2D eigenvalue weighted by atomic mass is 10.2. The molecule has 0 bridgehead atoms. The fraction of sp³-hybridized carbons (Fsp3) is 0.250. The summed E-state index contributed by atoms with van der Waals surface area (Å²) in [5.41, 5.74) is 1.97. The summed E-state index contributed by atoms with van der Waals surface area (Å²) < 4.78 is 4.96. The normalized spacial score (nSPS) is 10.2. The Balaban J connectivity index is 2.39. The Morgan fingerprint density at radius 1 is 1.06 bits per heavy atom. The fourth-order valence-corrected chi connectivity index (χ4v) is 1.61. The molecule has 0 saturated heterocycles. The Labute approximate surface area is 110 Å². The second-order valence-corrected chi connectivity index (χ2v) is 4.19. The number of ether oxygens (including phenoxy) is 1.